The van der Waals surface area contributed by atoms with Crippen LogP contribution in [0.5, 0.6) is 0 Å². The number of carbonyl (C=O) groups is 2. The Morgan fingerprint density at radius 2 is 2.31 bits per heavy atom. The first kappa shape index (κ1) is 12.9. The summed E-state index contributed by atoms with van der Waals surface area (Å²) in [5.74, 6) is -1.41. The fourth-order valence-electron chi connectivity index (χ4n) is 1.38. The highest BCUT2D eigenvalue weighted by molar-refractivity contribution is 5.89. The molecule has 3 N–H and O–H groups in total. The molecule has 2 unspecified atom stereocenters. The minimum absolute atomic E-state index is 0.328. The second-order valence-electron chi connectivity index (χ2n) is 4.04. The minimum Gasteiger partial charge on any atom is -0.480 e. The number of amides is 1. The lowest BCUT2D eigenvalue weighted by Crippen LogP contribution is -2.57. The van der Waals surface area contributed by atoms with Crippen molar-refractivity contribution in [2.75, 3.05) is 19.7 Å². The van der Waals surface area contributed by atoms with Crippen LogP contribution in [-0.2, 0) is 14.3 Å². The molecule has 92 valence electrons. The summed E-state index contributed by atoms with van der Waals surface area (Å²) in [4.78, 5) is 22.7. The van der Waals surface area contributed by atoms with Gasteiger partial charge in [0.05, 0.1) is 6.61 Å². The zero-order chi connectivity index (χ0) is 12.2. The Balaban J connectivity index is 2.57. The number of ether oxygens (including phenoxy) is 1. The number of morpholine rings is 1. The number of nitrogens with one attached hydrogen (secondary N) is 2. The van der Waals surface area contributed by atoms with E-state index >= 15 is 0 Å². The molecule has 16 heavy (non-hydrogen) atoms. The molecular weight excluding hydrogens is 212 g/mol. The van der Waals surface area contributed by atoms with Crippen molar-refractivity contribution in [3.63, 3.8) is 0 Å². The van der Waals surface area contributed by atoms with Crippen LogP contribution in [0.15, 0.2) is 0 Å². The SMILES string of the molecule is CCC(C)(NC(=O)C1CNCCO1)C(=O)O. The smallest absolute Gasteiger partial charge is 0.329 e. The summed E-state index contributed by atoms with van der Waals surface area (Å²) in [7, 11) is 0. The molecule has 0 aromatic rings. The molecule has 1 saturated heterocycles. The molecule has 2 atom stereocenters. The normalized spacial score (nSPS) is 24.5. The van der Waals surface area contributed by atoms with Crippen molar-refractivity contribution in [1.82, 2.24) is 10.6 Å². The molecule has 1 aliphatic rings. The monoisotopic (exact) mass is 230 g/mol. The van der Waals surface area contributed by atoms with E-state index in [1.54, 1.807) is 6.92 Å². The summed E-state index contributed by atoms with van der Waals surface area (Å²) >= 11 is 0. The minimum atomic E-state index is -1.22. The van der Waals surface area contributed by atoms with Crippen LogP contribution in [0.3, 0.4) is 0 Å². The Morgan fingerprint density at radius 3 is 2.75 bits per heavy atom. The molecule has 1 fully saturated rings. The standard InChI is InChI=1S/C10H18N2O4/c1-3-10(2,9(14)15)12-8(13)7-6-11-4-5-16-7/h7,11H,3-6H2,1-2H3,(H,12,13)(H,14,15). The first-order valence-electron chi connectivity index (χ1n) is 5.37. The Morgan fingerprint density at radius 1 is 1.62 bits per heavy atom. The van der Waals surface area contributed by atoms with Crippen LogP contribution < -0.4 is 10.6 Å². The van der Waals surface area contributed by atoms with Crippen LogP contribution in [0.25, 0.3) is 0 Å². The summed E-state index contributed by atoms with van der Waals surface area (Å²) in [6.07, 6.45) is -0.271. The number of aliphatic carboxylic acids is 1. The molecule has 0 aromatic heterocycles. The van der Waals surface area contributed by atoms with Gasteiger partial charge in [-0.1, -0.05) is 6.92 Å². The Labute approximate surface area is 94.3 Å². The Bertz CT molecular complexity index is 276. The van der Waals surface area contributed by atoms with Gasteiger partial charge in [-0.05, 0) is 13.3 Å². The van der Waals surface area contributed by atoms with Gasteiger partial charge >= 0.3 is 5.97 Å². The van der Waals surface area contributed by atoms with Crippen molar-refractivity contribution in [3.8, 4) is 0 Å². The molecule has 1 heterocycles. The van der Waals surface area contributed by atoms with Crippen LogP contribution in [0.2, 0.25) is 0 Å². The lowest BCUT2D eigenvalue weighted by molar-refractivity contribution is -0.150. The van der Waals surface area contributed by atoms with Gasteiger partial charge in [-0.3, -0.25) is 4.79 Å². The van der Waals surface area contributed by atoms with Gasteiger partial charge in [0.15, 0.2) is 0 Å². The van der Waals surface area contributed by atoms with Gasteiger partial charge in [0.25, 0.3) is 5.91 Å². The average molecular weight is 230 g/mol. The Kier molecular flexibility index (Phi) is 4.26. The summed E-state index contributed by atoms with van der Waals surface area (Å²) < 4.78 is 5.24. The number of rotatable bonds is 4. The summed E-state index contributed by atoms with van der Waals surface area (Å²) in [6, 6.07) is 0. The lowest BCUT2D eigenvalue weighted by Gasteiger charge is -2.29. The predicted octanol–water partition coefficient (Wildman–Crippen LogP) is -0.656. The van der Waals surface area contributed by atoms with Crippen molar-refractivity contribution < 1.29 is 19.4 Å². The van der Waals surface area contributed by atoms with Gasteiger partial charge in [-0.15, -0.1) is 0 Å². The van der Waals surface area contributed by atoms with E-state index in [-0.39, 0.29) is 5.91 Å². The molecule has 0 spiro atoms. The highest BCUT2D eigenvalue weighted by Gasteiger charge is 2.35. The lowest BCUT2D eigenvalue weighted by atomic mass is 9.99. The number of hydrogen-bond acceptors (Lipinski definition) is 4. The molecule has 0 bridgehead atoms. The summed E-state index contributed by atoms with van der Waals surface area (Å²) in [6.45, 7) is 4.81. The number of carboxylic acids is 1. The van der Waals surface area contributed by atoms with Crippen LogP contribution in [0.4, 0.5) is 0 Å². The number of carbonyl (C=O) groups excluding carboxylic acids is 1. The third-order valence-corrected chi connectivity index (χ3v) is 2.80. The maximum absolute atomic E-state index is 11.7. The van der Waals surface area contributed by atoms with E-state index in [1.165, 1.54) is 6.92 Å². The second-order valence-corrected chi connectivity index (χ2v) is 4.04. The van der Waals surface area contributed by atoms with Crippen molar-refractivity contribution in [3.05, 3.63) is 0 Å². The maximum atomic E-state index is 11.7. The molecular formula is C10H18N2O4. The molecule has 1 amide bonds. The molecule has 6 nitrogen and oxygen atoms in total. The second kappa shape index (κ2) is 5.27. The topological polar surface area (TPSA) is 87.7 Å². The summed E-state index contributed by atoms with van der Waals surface area (Å²) in [5.41, 5.74) is -1.22. The van der Waals surface area contributed by atoms with E-state index in [1.807, 2.05) is 0 Å². The van der Waals surface area contributed by atoms with Gasteiger partial charge in [0, 0.05) is 13.1 Å². The fraction of sp³-hybridized carbons (Fsp3) is 0.800. The van der Waals surface area contributed by atoms with Gasteiger partial charge < -0.3 is 20.5 Å². The van der Waals surface area contributed by atoms with Crippen LogP contribution in [-0.4, -0.2) is 48.3 Å². The van der Waals surface area contributed by atoms with Crippen LogP contribution in [0.1, 0.15) is 20.3 Å². The zero-order valence-corrected chi connectivity index (χ0v) is 9.58. The molecule has 0 saturated carbocycles. The first-order valence-corrected chi connectivity index (χ1v) is 5.37. The Hall–Kier alpha value is -1.14. The molecule has 0 aliphatic carbocycles. The van der Waals surface area contributed by atoms with Crippen molar-refractivity contribution >= 4 is 11.9 Å². The number of hydrogen-bond donors (Lipinski definition) is 3. The third kappa shape index (κ3) is 2.93. The molecule has 1 aliphatic heterocycles. The van der Waals surface area contributed by atoms with Crippen molar-refractivity contribution in [2.24, 2.45) is 0 Å². The summed E-state index contributed by atoms with van der Waals surface area (Å²) in [5, 5.41) is 14.5. The third-order valence-electron chi connectivity index (χ3n) is 2.80. The highest BCUT2D eigenvalue weighted by atomic mass is 16.5. The van der Waals surface area contributed by atoms with Crippen LogP contribution >= 0.6 is 0 Å². The molecule has 6 heteroatoms. The number of carboxylic acid groups (broad SMARTS) is 1. The van der Waals surface area contributed by atoms with Crippen LogP contribution in [0, 0.1) is 0 Å². The zero-order valence-electron chi connectivity index (χ0n) is 9.58. The average Bonchev–Trinajstić information content (AvgIpc) is 2.29. The van der Waals surface area contributed by atoms with Gasteiger partial charge in [0.1, 0.15) is 11.6 Å². The highest BCUT2D eigenvalue weighted by Crippen LogP contribution is 2.10. The van der Waals surface area contributed by atoms with E-state index in [9.17, 15) is 9.59 Å². The molecule has 0 radical (unpaired) electrons. The van der Waals surface area contributed by atoms with Gasteiger partial charge in [-0.2, -0.15) is 0 Å². The molecule has 0 aromatic carbocycles. The maximum Gasteiger partial charge on any atom is 0.329 e. The van der Waals surface area contributed by atoms with E-state index < -0.39 is 17.6 Å². The van der Waals surface area contributed by atoms with E-state index in [2.05, 4.69) is 10.6 Å². The van der Waals surface area contributed by atoms with Crippen molar-refractivity contribution in [2.45, 2.75) is 31.9 Å². The fourth-order valence-corrected chi connectivity index (χ4v) is 1.38. The van der Waals surface area contributed by atoms with E-state index in [4.69, 9.17) is 9.84 Å². The van der Waals surface area contributed by atoms with Gasteiger partial charge in [0.2, 0.25) is 0 Å². The van der Waals surface area contributed by atoms with Crippen molar-refractivity contribution in [1.29, 1.82) is 0 Å². The predicted molar refractivity (Wildman–Crippen MR) is 57.1 cm³/mol. The van der Waals surface area contributed by atoms with E-state index in [0.717, 1.165) is 0 Å². The quantitative estimate of drug-likeness (QED) is 0.597. The first-order chi connectivity index (χ1) is 7.49. The molecule has 1 rings (SSSR count). The van der Waals surface area contributed by atoms with E-state index in [0.29, 0.717) is 26.1 Å². The van der Waals surface area contributed by atoms with Gasteiger partial charge in [-0.25, -0.2) is 4.79 Å². The largest absolute Gasteiger partial charge is 0.480 e.